The summed E-state index contributed by atoms with van der Waals surface area (Å²) in [5.74, 6) is 0.350. The minimum Gasteiger partial charge on any atom is -0.295 e. The van der Waals surface area contributed by atoms with Gasteiger partial charge in [-0.15, -0.1) is 0 Å². The molecule has 2 aromatic rings. The van der Waals surface area contributed by atoms with Crippen molar-refractivity contribution in [2.45, 2.75) is 25.7 Å². The molecular weight excluding hydrogens is 287 g/mol. The maximum atomic E-state index is 12.5. The molecule has 0 radical (unpaired) electrons. The smallest absolute Gasteiger partial charge is 0.295 e. The van der Waals surface area contributed by atoms with E-state index in [-0.39, 0.29) is 12.5 Å². The molecule has 9 heteroatoms. The van der Waals surface area contributed by atoms with Crippen molar-refractivity contribution in [1.82, 2.24) is 19.6 Å². The highest BCUT2D eigenvalue weighted by Gasteiger charge is 2.34. The van der Waals surface area contributed by atoms with Crippen LogP contribution in [0.1, 0.15) is 12.1 Å². The molecule has 0 spiro atoms. The van der Waals surface area contributed by atoms with Gasteiger partial charge in [0.05, 0.1) is 6.20 Å². The van der Waals surface area contributed by atoms with Crippen molar-refractivity contribution in [3.8, 4) is 0 Å². The maximum absolute atomic E-state index is 12.5. The molecule has 0 saturated heterocycles. The van der Waals surface area contributed by atoms with E-state index in [1.165, 1.54) is 4.90 Å². The van der Waals surface area contributed by atoms with Crippen LogP contribution in [0, 0.1) is 0 Å². The Kier molecular flexibility index (Phi) is 3.19. The number of carbonyl (C=O) groups excluding carboxylic acids is 1. The first-order valence-corrected chi connectivity index (χ1v) is 6.38. The average Bonchev–Trinajstić information content (AvgIpc) is 3.05. The van der Waals surface area contributed by atoms with Gasteiger partial charge < -0.3 is 0 Å². The Morgan fingerprint density at radius 2 is 2.10 bits per heavy atom. The van der Waals surface area contributed by atoms with Gasteiger partial charge in [-0.05, 0) is 12.5 Å². The van der Waals surface area contributed by atoms with Crippen LogP contribution in [0.25, 0.3) is 0 Å². The number of anilines is 1. The van der Waals surface area contributed by atoms with Crippen LogP contribution in [0.5, 0.6) is 0 Å². The van der Waals surface area contributed by atoms with Crippen molar-refractivity contribution in [2.24, 2.45) is 0 Å². The van der Waals surface area contributed by atoms with Gasteiger partial charge in [0.15, 0.2) is 5.69 Å². The van der Waals surface area contributed by atoms with Crippen LogP contribution < -0.4 is 4.90 Å². The van der Waals surface area contributed by atoms with E-state index in [4.69, 9.17) is 0 Å². The Morgan fingerprint density at radius 3 is 2.81 bits per heavy atom. The highest BCUT2D eigenvalue weighted by Crippen LogP contribution is 2.27. The molecule has 0 atom stereocenters. The van der Waals surface area contributed by atoms with Crippen LogP contribution in [0.2, 0.25) is 0 Å². The highest BCUT2D eigenvalue weighted by atomic mass is 19.4. The molecule has 112 valence electrons. The van der Waals surface area contributed by atoms with Crippen molar-refractivity contribution < 1.29 is 18.0 Å². The molecule has 0 N–H and O–H groups in total. The van der Waals surface area contributed by atoms with Crippen LogP contribution in [0.4, 0.5) is 19.0 Å². The Morgan fingerprint density at radius 1 is 1.29 bits per heavy atom. The monoisotopic (exact) mass is 299 g/mol. The van der Waals surface area contributed by atoms with Crippen molar-refractivity contribution in [2.75, 3.05) is 11.4 Å². The lowest BCUT2D eigenvalue weighted by atomic mass is 10.3. The molecule has 0 bridgehead atoms. The average molecular weight is 299 g/mol. The SMILES string of the molecule is O=C(Cn1ccc(C(F)(F)F)n1)N1CCCn2nccc21. The zero-order valence-electron chi connectivity index (χ0n) is 10.9. The number of aromatic nitrogens is 4. The largest absolute Gasteiger partial charge is 0.435 e. The highest BCUT2D eigenvalue weighted by molar-refractivity contribution is 5.92. The lowest BCUT2D eigenvalue weighted by Gasteiger charge is -2.27. The lowest BCUT2D eigenvalue weighted by Crippen LogP contribution is -2.39. The molecule has 0 unspecified atom stereocenters. The van der Waals surface area contributed by atoms with Crippen molar-refractivity contribution >= 4 is 11.7 Å². The Balaban J connectivity index is 1.75. The van der Waals surface area contributed by atoms with Gasteiger partial charge in [-0.25, -0.2) is 4.68 Å². The first-order valence-electron chi connectivity index (χ1n) is 6.38. The molecule has 0 saturated carbocycles. The molecule has 0 aromatic carbocycles. The van der Waals surface area contributed by atoms with Gasteiger partial charge >= 0.3 is 6.18 Å². The maximum Gasteiger partial charge on any atom is 0.435 e. The predicted molar refractivity (Wildman–Crippen MR) is 66.4 cm³/mol. The summed E-state index contributed by atoms with van der Waals surface area (Å²) in [5, 5.41) is 7.47. The molecule has 2 aromatic heterocycles. The van der Waals surface area contributed by atoms with Gasteiger partial charge in [0.1, 0.15) is 12.4 Å². The first-order chi connectivity index (χ1) is 9.95. The standard InChI is InChI=1S/C12H12F3N5O/c13-12(14,15)9-3-7-18(17-9)8-11(21)19-5-1-6-20-10(19)2-4-16-20/h2-4,7H,1,5-6,8H2. The third kappa shape index (κ3) is 2.63. The normalized spacial score (nSPS) is 15.1. The number of halogens is 3. The zero-order chi connectivity index (χ0) is 15.0. The quantitative estimate of drug-likeness (QED) is 0.845. The Labute approximate surface area is 117 Å². The third-order valence-electron chi connectivity index (χ3n) is 3.25. The van der Waals surface area contributed by atoms with Crippen molar-refractivity contribution in [3.05, 3.63) is 30.2 Å². The summed E-state index contributed by atoms with van der Waals surface area (Å²) < 4.78 is 40.1. The number of hydrogen-bond acceptors (Lipinski definition) is 3. The van der Waals surface area contributed by atoms with E-state index in [1.807, 2.05) is 0 Å². The molecule has 6 nitrogen and oxygen atoms in total. The first kappa shape index (κ1) is 13.7. The second-order valence-electron chi connectivity index (χ2n) is 4.71. The van der Waals surface area contributed by atoms with E-state index >= 15 is 0 Å². The predicted octanol–water partition coefficient (Wildman–Crippen LogP) is 1.54. The van der Waals surface area contributed by atoms with Crippen molar-refractivity contribution in [1.29, 1.82) is 0 Å². The van der Waals surface area contributed by atoms with Crippen molar-refractivity contribution in [3.63, 3.8) is 0 Å². The minimum absolute atomic E-state index is 0.235. The molecule has 3 heterocycles. The summed E-state index contributed by atoms with van der Waals surface area (Å²) in [4.78, 5) is 13.7. The number of aryl methyl sites for hydroxylation is 1. The van der Waals surface area contributed by atoms with Crippen LogP contribution in [0.15, 0.2) is 24.5 Å². The molecule has 21 heavy (non-hydrogen) atoms. The Bertz CT molecular complexity index is 660. The van der Waals surface area contributed by atoms with E-state index < -0.39 is 11.9 Å². The van der Waals surface area contributed by atoms with E-state index in [9.17, 15) is 18.0 Å². The number of hydrogen-bond donors (Lipinski definition) is 0. The summed E-state index contributed by atoms with van der Waals surface area (Å²) in [6.07, 6.45) is -0.996. The summed E-state index contributed by atoms with van der Waals surface area (Å²) in [7, 11) is 0. The number of nitrogens with zero attached hydrogens (tertiary/aromatic N) is 5. The number of carbonyl (C=O) groups is 1. The van der Waals surface area contributed by atoms with E-state index in [0.717, 1.165) is 29.9 Å². The fourth-order valence-electron chi connectivity index (χ4n) is 2.30. The molecule has 3 rings (SSSR count). The van der Waals surface area contributed by atoms with E-state index in [0.29, 0.717) is 12.4 Å². The topological polar surface area (TPSA) is 56.0 Å². The fourth-order valence-corrected chi connectivity index (χ4v) is 2.30. The number of alkyl halides is 3. The Hall–Kier alpha value is -2.32. The van der Waals surface area contributed by atoms with Crippen LogP contribution >= 0.6 is 0 Å². The van der Waals surface area contributed by atoms with Gasteiger partial charge in [0.25, 0.3) is 0 Å². The van der Waals surface area contributed by atoms with Gasteiger partial charge in [-0.2, -0.15) is 23.4 Å². The molecular formula is C12H12F3N5O. The summed E-state index contributed by atoms with van der Waals surface area (Å²) in [5.41, 5.74) is -1.00. The number of amides is 1. The second-order valence-corrected chi connectivity index (χ2v) is 4.71. The van der Waals surface area contributed by atoms with E-state index in [1.54, 1.807) is 16.9 Å². The van der Waals surface area contributed by atoms with Gasteiger partial charge in [-0.1, -0.05) is 0 Å². The summed E-state index contributed by atoms with van der Waals surface area (Å²) in [6, 6.07) is 2.56. The second kappa shape index (κ2) is 4.90. The molecule has 0 aliphatic carbocycles. The zero-order valence-corrected chi connectivity index (χ0v) is 10.9. The summed E-state index contributed by atoms with van der Waals surface area (Å²) in [6.45, 7) is 1.02. The van der Waals surface area contributed by atoms with Crippen LogP contribution in [-0.2, 0) is 24.1 Å². The summed E-state index contributed by atoms with van der Waals surface area (Å²) >= 11 is 0. The van der Waals surface area contributed by atoms with Gasteiger partial charge in [-0.3, -0.25) is 14.4 Å². The fraction of sp³-hybridized carbons (Fsp3) is 0.417. The van der Waals surface area contributed by atoms with Gasteiger partial charge in [0, 0.05) is 25.4 Å². The molecule has 1 amide bonds. The van der Waals surface area contributed by atoms with Gasteiger partial charge in [0.2, 0.25) is 5.91 Å². The lowest BCUT2D eigenvalue weighted by molar-refractivity contribution is -0.141. The van der Waals surface area contributed by atoms with Crippen LogP contribution in [0.3, 0.4) is 0 Å². The van der Waals surface area contributed by atoms with E-state index in [2.05, 4.69) is 10.2 Å². The van der Waals surface area contributed by atoms with Crippen LogP contribution in [-0.4, -0.2) is 32.0 Å². The molecule has 1 aliphatic rings. The third-order valence-corrected chi connectivity index (χ3v) is 3.25. The number of rotatable bonds is 2. The molecule has 1 aliphatic heterocycles. The number of fused-ring (bicyclic) bond motifs is 1. The molecule has 0 fully saturated rings. The minimum atomic E-state index is -4.50.